The first kappa shape index (κ1) is 13.2. The van der Waals surface area contributed by atoms with E-state index in [1.165, 1.54) is 6.07 Å². The maximum absolute atomic E-state index is 11.7. The Bertz CT molecular complexity index is 416. The standard InChI is InChI=1S/C12H17N3O2/c1-8(13)5-6-15-12(17)10-4-2-3-9(7-10)11(14)16/h2-4,7-8H,5-6,13H2,1H3,(H2,14,16)(H,15,17). The van der Waals surface area contributed by atoms with Crippen LogP contribution in [0.2, 0.25) is 0 Å². The summed E-state index contributed by atoms with van der Waals surface area (Å²) in [6.07, 6.45) is 0.710. The fraction of sp³-hybridized carbons (Fsp3) is 0.333. The molecule has 0 radical (unpaired) electrons. The molecule has 5 nitrogen and oxygen atoms in total. The molecule has 1 aromatic rings. The molecule has 0 aliphatic heterocycles. The number of nitrogens with one attached hydrogen (secondary N) is 1. The molecule has 0 fully saturated rings. The molecule has 0 heterocycles. The van der Waals surface area contributed by atoms with Gasteiger partial charge in [-0.3, -0.25) is 9.59 Å². The van der Waals surface area contributed by atoms with Gasteiger partial charge in [-0.1, -0.05) is 6.07 Å². The van der Waals surface area contributed by atoms with Gasteiger partial charge in [-0.25, -0.2) is 0 Å². The first-order valence-electron chi connectivity index (χ1n) is 5.44. The lowest BCUT2D eigenvalue weighted by molar-refractivity contribution is 0.0953. The van der Waals surface area contributed by atoms with Crippen molar-refractivity contribution in [3.63, 3.8) is 0 Å². The van der Waals surface area contributed by atoms with Crippen LogP contribution >= 0.6 is 0 Å². The van der Waals surface area contributed by atoms with Crippen LogP contribution < -0.4 is 16.8 Å². The van der Waals surface area contributed by atoms with Gasteiger partial charge >= 0.3 is 0 Å². The zero-order valence-electron chi connectivity index (χ0n) is 9.77. The van der Waals surface area contributed by atoms with Crippen LogP contribution in [0.25, 0.3) is 0 Å². The van der Waals surface area contributed by atoms with Crippen molar-refractivity contribution >= 4 is 11.8 Å². The third-order valence-electron chi connectivity index (χ3n) is 2.29. The number of nitrogens with two attached hydrogens (primary N) is 2. The largest absolute Gasteiger partial charge is 0.366 e. The van der Waals surface area contributed by atoms with Crippen LogP contribution in [0.5, 0.6) is 0 Å². The highest BCUT2D eigenvalue weighted by Gasteiger charge is 2.08. The van der Waals surface area contributed by atoms with Crippen LogP contribution in [0.4, 0.5) is 0 Å². The molecule has 1 unspecified atom stereocenters. The Hall–Kier alpha value is -1.88. The molecule has 1 rings (SSSR count). The third kappa shape index (κ3) is 4.24. The molecule has 92 valence electrons. The summed E-state index contributed by atoms with van der Waals surface area (Å²) >= 11 is 0. The van der Waals surface area contributed by atoms with Crippen LogP contribution in [0, 0.1) is 0 Å². The quantitative estimate of drug-likeness (QED) is 0.682. The van der Waals surface area contributed by atoms with E-state index in [0.717, 1.165) is 0 Å². The first-order chi connectivity index (χ1) is 8.00. The van der Waals surface area contributed by atoms with E-state index in [1.54, 1.807) is 18.2 Å². The molecule has 5 N–H and O–H groups in total. The maximum atomic E-state index is 11.7. The van der Waals surface area contributed by atoms with Gasteiger partial charge in [-0.05, 0) is 31.5 Å². The monoisotopic (exact) mass is 235 g/mol. The van der Waals surface area contributed by atoms with Gasteiger partial charge in [0, 0.05) is 23.7 Å². The summed E-state index contributed by atoms with van der Waals surface area (Å²) in [4.78, 5) is 22.7. The Morgan fingerprint density at radius 1 is 1.35 bits per heavy atom. The number of rotatable bonds is 5. The van der Waals surface area contributed by atoms with Gasteiger partial charge in [0.1, 0.15) is 0 Å². The van der Waals surface area contributed by atoms with Crippen molar-refractivity contribution in [3.05, 3.63) is 35.4 Å². The number of primary amides is 1. The van der Waals surface area contributed by atoms with E-state index in [-0.39, 0.29) is 11.9 Å². The highest BCUT2D eigenvalue weighted by atomic mass is 16.2. The second-order valence-electron chi connectivity index (χ2n) is 3.97. The van der Waals surface area contributed by atoms with Crippen LogP contribution in [0.1, 0.15) is 34.1 Å². The normalized spacial score (nSPS) is 11.9. The van der Waals surface area contributed by atoms with Gasteiger partial charge in [0.2, 0.25) is 5.91 Å². The summed E-state index contributed by atoms with van der Waals surface area (Å²) in [5.41, 5.74) is 11.5. The van der Waals surface area contributed by atoms with Gasteiger partial charge in [-0.2, -0.15) is 0 Å². The minimum Gasteiger partial charge on any atom is -0.366 e. The molecule has 0 spiro atoms. The van der Waals surface area contributed by atoms with Gasteiger partial charge in [-0.15, -0.1) is 0 Å². The van der Waals surface area contributed by atoms with Crippen molar-refractivity contribution in [2.45, 2.75) is 19.4 Å². The highest BCUT2D eigenvalue weighted by Crippen LogP contribution is 2.04. The number of carbonyl (C=O) groups is 2. The molecular formula is C12H17N3O2. The fourth-order valence-corrected chi connectivity index (χ4v) is 1.33. The Balaban J connectivity index is 2.63. The van der Waals surface area contributed by atoms with Gasteiger partial charge in [0.05, 0.1) is 0 Å². The Morgan fingerprint density at radius 2 is 2.00 bits per heavy atom. The minimum atomic E-state index is -0.546. The summed E-state index contributed by atoms with van der Waals surface area (Å²) in [7, 11) is 0. The van der Waals surface area contributed by atoms with Crippen molar-refractivity contribution in [1.29, 1.82) is 0 Å². The topological polar surface area (TPSA) is 98.2 Å². The zero-order chi connectivity index (χ0) is 12.8. The summed E-state index contributed by atoms with van der Waals surface area (Å²) < 4.78 is 0. The third-order valence-corrected chi connectivity index (χ3v) is 2.29. The molecule has 2 amide bonds. The molecule has 0 saturated carbocycles. The van der Waals surface area contributed by atoms with E-state index >= 15 is 0 Å². The molecule has 0 aliphatic rings. The number of hydrogen-bond acceptors (Lipinski definition) is 3. The van der Waals surface area contributed by atoms with E-state index in [4.69, 9.17) is 11.5 Å². The van der Waals surface area contributed by atoms with E-state index in [0.29, 0.717) is 24.1 Å². The molecular weight excluding hydrogens is 218 g/mol. The average Bonchev–Trinajstić information content (AvgIpc) is 2.28. The highest BCUT2D eigenvalue weighted by molar-refractivity contribution is 5.99. The van der Waals surface area contributed by atoms with Crippen LogP contribution in [-0.4, -0.2) is 24.4 Å². The van der Waals surface area contributed by atoms with Crippen molar-refractivity contribution in [2.24, 2.45) is 11.5 Å². The van der Waals surface area contributed by atoms with Crippen LogP contribution in [0.15, 0.2) is 24.3 Å². The number of carbonyl (C=O) groups excluding carboxylic acids is 2. The van der Waals surface area contributed by atoms with Crippen molar-refractivity contribution in [3.8, 4) is 0 Å². The second-order valence-corrected chi connectivity index (χ2v) is 3.97. The van der Waals surface area contributed by atoms with E-state index in [1.807, 2.05) is 6.92 Å². The van der Waals surface area contributed by atoms with Crippen LogP contribution in [-0.2, 0) is 0 Å². The van der Waals surface area contributed by atoms with E-state index < -0.39 is 5.91 Å². The molecule has 0 saturated heterocycles. The predicted octanol–water partition coefficient (Wildman–Crippen LogP) is 0.253. The molecule has 5 heteroatoms. The van der Waals surface area contributed by atoms with Crippen LogP contribution in [0.3, 0.4) is 0 Å². The summed E-state index contributed by atoms with van der Waals surface area (Å²) in [6.45, 7) is 2.39. The lowest BCUT2D eigenvalue weighted by Crippen LogP contribution is -2.29. The van der Waals surface area contributed by atoms with Crippen molar-refractivity contribution in [2.75, 3.05) is 6.54 Å². The zero-order valence-corrected chi connectivity index (χ0v) is 9.77. The van der Waals surface area contributed by atoms with Gasteiger partial charge in [0.25, 0.3) is 5.91 Å². The minimum absolute atomic E-state index is 0.0484. The summed E-state index contributed by atoms with van der Waals surface area (Å²) in [5, 5.41) is 2.73. The van der Waals surface area contributed by atoms with E-state index in [9.17, 15) is 9.59 Å². The number of benzene rings is 1. The smallest absolute Gasteiger partial charge is 0.251 e. The lowest BCUT2D eigenvalue weighted by Gasteiger charge is -2.07. The summed E-state index contributed by atoms with van der Waals surface area (Å²) in [6, 6.07) is 6.35. The van der Waals surface area contributed by atoms with Crippen molar-refractivity contribution in [1.82, 2.24) is 5.32 Å². The predicted molar refractivity (Wildman–Crippen MR) is 65.6 cm³/mol. The van der Waals surface area contributed by atoms with Crippen molar-refractivity contribution < 1.29 is 9.59 Å². The number of hydrogen-bond donors (Lipinski definition) is 3. The average molecular weight is 235 g/mol. The second kappa shape index (κ2) is 6.00. The Morgan fingerprint density at radius 3 is 2.59 bits per heavy atom. The fourth-order valence-electron chi connectivity index (χ4n) is 1.33. The maximum Gasteiger partial charge on any atom is 0.251 e. The Kier molecular flexibility index (Phi) is 4.66. The molecule has 0 bridgehead atoms. The van der Waals surface area contributed by atoms with Gasteiger partial charge in [0.15, 0.2) is 0 Å². The first-order valence-corrected chi connectivity index (χ1v) is 5.44. The molecule has 17 heavy (non-hydrogen) atoms. The van der Waals surface area contributed by atoms with Gasteiger partial charge < -0.3 is 16.8 Å². The lowest BCUT2D eigenvalue weighted by atomic mass is 10.1. The molecule has 1 atom stereocenters. The molecule has 0 aliphatic carbocycles. The Labute approximate surface area is 100 Å². The number of amides is 2. The molecule has 1 aromatic carbocycles. The summed E-state index contributed by atoms with van der Waals surface area (Å²) in [5.74, 6) is -0.774. The molecule has 0 aromatic heterocycles. The van der Waals surface area contributed by atoms with E-state index in [2.05, 4.69) is 5.32 Å². The SMILES string of the molecule is CC(N)CCNC(=O)c1cccc(C(N)=O)c1.